The molecule has 88 valence electrons. The molecule has 0 saturated carbocycles. The molecule has 7 heteroatoms. The molecule has 0 bridgehead atoms. The highest BCUT2D eigenvalue weighted by Gasteiger charge is 2.44. The van der Waals surface area contributed by atoms with Gasteiger partial charge in [-0.25, -0.2) is 13.6 Å². The van der Waals surface area contributed by atoms with Crippen molar-refractivity contribution in [2.24, 2.45) is 5.14 Å². The monoisotopic (exact) mass is 346 g/mol. The van der Waals surface area contributed by atoms with Gasteiger partial charge in [0.25, 0.3) is 0 Å². The van der Waals surface area contributed by atoms with E-state index in [1.807, 2.05) is 0 Å². The molecule has 2 aliphatic rings. The minimum atomic E-state index is -3.37. The van der Waals surface area contributed by atoms with E-state index in [9.17, 15) is 8.42 Å². The van der Waals surface area contributed by atoms with Crippen LogP contribution in [-0.4, -0.2) is 48.4 Å². The fourth-order valence-electron chi connectivity index (χ4n) is 2.00. The van der Waals surface area contributed by atoms with Gasteiger partial charge in [0.2, 0.25) is 10.0 Å². The summed E-state index contributed by atoms with van der Waals surface area (Å²) < 4.78 is 27.7. The van der Waals surface area contributed by atoms with E-state index in [-0.39, 0.29) is 10.2 Å². The maximum atomic E-state index is 11.1. The van der Waals surface area contributed by atoms with Crippen molar-refractivity contribution in [3.05, 3.63) is 0 Å². The molecule has 0 aromatic heterocycles. The van der Waals surface area contributed by atoms with Crippen molar-refractivity contribution in [3.8, 4) is 0 Å². The molecule has 2 fully saturated rings. The van der Waals surface area contributed by atoms with Crippen LogP contribution in [0.3, 0.4) is 0 Å². The zero-order valence-corrected chi connectivity index (χ0v) is 11.3. The molecule has 2 heterocycles. The Morgan fingerprint density at radius 1 is 1.53 bits per heavy atom. The van der Waals surface area contributed by atoms with Crippen molar-refractivity contribution in [1.82, 2.24) is 4.90 Å². The maximum Gasteiger partial charge on any atom is 0.215 e. The molecule has 0 amide bonds. The number of sulfonamides is 1. The van der Waals surface area contributed by atoms with Crippen LogP contribution in [0.5, 0.6) is 0 Å². The van der Waals surface area contributed by atoms with Gasteiger partial charge in [0.15, 0.2) is 0 Å². The number of alkyl halides is 1. The molecule has 2 aliphatic heterocycles. The third-order valence-corrected chi connectivity index (χ3v) is 6.35. The van der Waals surface area contributed by atoms with Crippen LogP contribution < -0.4 is 5.14 Å². The Morgan fingerprint density at radius 2 is 2.27 bits per heavy atom. The normalized spacial score (nSPS) is 37.9. The van der Waals surface area contributed by atoms with Crippen molar-refractivity contribution < 1.29 is 13.2 Å². The Morgan fingerprint density at radius 3 is 2.73 bits per heavy atom. The van der Waals surface area contributed by atoms with E-state index in [0.29, 0.717) is 6.54 Å². The fourth-order valence-corrected chi connectivity index (χ4v) is 4.80. The molecular formula is C8H15IN2O3S. The van der Waals surface area contributed by atoms with E-state index in [2.05, 4.69) is 27.5 Å². The topological polar surface area (TPSA) is 72.6 Å². The fraction of sp³-hybridized carbons (Fsp3) is 1.00. The third-order valence-electron chi connectivity index (χ3n) is 2.95. The number of hydrogen-bond donors (Lipinski definition) is 1. The lowest BCUT2D eigenvalue weighted by Gasteiger charge is -2.44. The minimum absolute atomic E-state index is 0.00167. The molecule has 0 aromatic rings. The van der Waals surface area contributed by atoms with Crippen molar-refractivity contribution in [1.29, 1.82) is 0 Å². The number of likely N-dealkylation sites (tertiary alicyclic amines) is 1. The summed E-state index contributed by atoms with van der Waals surface area (Å²) in [4.78, 5) is 2.12. The summed E-state index contributed by atoms with van der Waals surface area (Å²) in [6.45, 7) is 2.22. The van der Waals surface area contributed by atoms with Gasteiger partial charge in [-0.2, -0.15) is 0 Å². The van der Waals surface area contributed by atoms with Gasteiger partial charge in [-0.15, -0.1) is 0 Å². The SMILES string of the molecule is NS(=O)(=O)C1CN(CC2CCCO2)C1I. The molecule has 3 unspecified atom stereocenters. The van der Waals surface area contributed by atoms with E-state index in [1.54, 1.807) is 0 Å². The highest BCUT2D eigenvalue weighted by atomic mass is 127. The third kappa shape index (κ3) is 2.63. The molecule has 2 rings (SSSR count). The number of nitrogens with zero attached hydrogens (tertiary/aromatic N) is 1. The van der Waals surface area contributed by atoms with Crippen LogP contribution in [0.1, 0.15) is 12.8 Å². The van der Waals surface area contributed by atoms with Crippen LogP contribution in [0.15, 0.2) is 0 Å². The lowest BCUT2D eigenvalue weighted by atomic mass is 10.1. The van der Waals surface area contributed by atoms with E-state index >= 15 is 0 Å². The van der Waals surface area contributed by atoms with Crippen molar-refractivity contribution in [3.63, 3.8) is 0 Å². The first kappa shape index (κ1) is 12.0. The molecule has 0 aliphatic carbocycles. The first-order chi connectivity index (χ1) is 6.98. The average molecular weight is 346 g/mol. The Balaban J connectivity index is 1.84. The van der Waals surface area contributed by atoms with Crippen molar-refractivity contribution in [2.75, 3.05) is 19.7 Å². The molecule has 0 spiro atoms. The van der Waals surface area contributed by atoms with Gasteiger partial charge in [-0.1, -0.05) is 22.6 Å². The number of halogens is 1. The lowest BCUT2D eigenvalue weighted by Crippen LogP contribution is -2.62. The quantitative estimate of drug-likeness (QED) is 0.440. The second-order valence-electron chi connectivity index (χ2n) is 4.09. The number of ether oxygens (including phenoxy) is 1. The van der Waals surface area contributed by atoms with Gasteiger partial charge in [0, 0.05) is 19.7 Å². The maximum absolute atomic E-state index is 11.1. The van der Waals surface area contributed by atoms with Crippen LogP contribution in [0, 0.1) is 0 Å². The molecule has 3 atom stereocenters. The van der Waals surface area contributed by atoms with Gasteiger partial charge >= 0.3 is 0 Å². The largest absolute Gasteiger partial charge is 0.377 e. The number of primary sulfonamides is 1. The summed E-state index contributed by atoms with van der Waals surface area (Å²) in [5.74, 6) is 0. The summed E-state index contributed by atoms with van der Waals surface area (Å²) in [6, 6.07) is 0. The summed E-state index contributed by atoms with van der Waals surface area (Å²) in [5, 5.41) is 4.71. The highest BCUT2D eigenvalue weighted by Crippen LogP contribution is 2.30. The smallest absolute Gasteiger partial charge is 0.215 e. The molecule has 0 radical (unpaired) electrons. The minimum Gasteiger partial charge on any atom is -0.377 e. The van der Waals surface area contributed by atoms with Crippen LogP contribution in [-0.2, 0) is 14.8 Å². The Bertz CT molecular complexity index is 329. The molecule has 2 saturated heterocycles. The molecule has 5 nitrogen and oxygen atoms in total. The second kappa shape index (κ2) is 4.44. The molecule has 0 aromatic carbocycles. The van der Waals surface area contributed by atoms with Gasteiger partial charge < -0.3 is 4.74 Å². The Labute approximate surface area is 104 Å². The van der Waals surface area contributed by atoms with Crippen LogP contribution in [0.2, 0.25) is 0 Å². The zero-order valence-electron chi connectivity index (χ0n) is 8.30. The first-order valence-electron chi connectivity index (χ1n) is 5.00. The number of rotatable bonds is 3. The van der Waals surface area contributed by atoms with E-state index in [4.69, 9.17) is 9.88 Å². The molecule has 15 heavy (non-hydrogen) atoms. The predicted octanol–water partition coefficient (Wildman–Crippen LogP) is -0.101. The second-order valence-corrected chi connectivity index (χ2v) is 7.15. The number of hydrogen-bond acceptors (Lipinski definition) is 4. The van der Waals surface area contributed by atoms with Gasteiger partial charge in [0.1, 0.15) is 5.25 Å². The van der Waals surface area contributed by atoms with E-state index in [0.717, 1.165) is 26.0 Å². The summed E-state index contributed by atoms with van der Waals surface area (Å²) in [6.07, 6.45) is 2.48. The van der Waals surface area contributed by atoms with Crippen LogP contribution in [0.4, 0.5) is 0 Å². The predicted molar refractivity (Wildman–Crippen MR) is 65.3 cm³/mol. The van der Waals surface area contributed by atoms with Gasteiger partial charge in [0.05, 0.1) is 10.2 Å². The Hall–Kier alpha value is 0.560. The summed E-state index contributed by atoms with van der Waals surface area (Å²) in [7, 11) is -3.37. The van der Waals surface area contributed by atoms with Crippen molar-refractivity contribution in [2.45, 2.75) is 28.2 Å². The molecular weight excluding hydrogens is 331 g/mol. The summed E-state index contributed by atoms with van der Waals surface area (Å²) >= 11 is 2.14. The standard InChI is InChI=1S/C8H15IN2O3S/c9-8-7(15(10,12)13)5-11(8)4-6-2-1-3-14-6/h6-8H,1-5H2,(H2,10,12,13). The van der Waals surface area contributed by atoms with Gasteiger partial charge in [-0.05, 0) is 12.8 Å². The van der Waals surface area contributed by atoms with Gasteiger partial charge in [-0.3, -0.25) is 4.90 Å². The number of nitrogens with two attached hydrogens (primary N) is 1. The summed E-state index contributed by atoms with van der Waals surface area (Å²) in [5.41, 5.74) is 0. The zero-order chi connectivity index (χ0) is 11.1. The van der Waals surface area contributed by atoms with E-state index in [1.165, 1.54) is 0 Å². The van der Waals surface area contributed by atoms with Crippen LogP contribution in [0.25, 0.3) is 0 Å². The lowest BCUT2D eigenvalue weighted by molar-refractivity contribution is 0.0484. The highest BCUT2D eigenvalue weighted by molar-refractivity contribution is 14.1. The molecule has 2 N–H and O–H groups in total. The Kier molecular flexibility index (Phi) is 3.56. The average Bonchev–Trinajstić information content (AvgIpc) is 2.61. The van der Waals surface area contributed by atoms with E-state index < -0.39 is 15.3 Å². The van der Waals surface area contributed by atoms with Crippen molar-refractivity contribution >= 4 is 32.6 Å². The first-order valence-corrected chi connectivity index (χ1v) is 7.85. The van der Waals surface area contributed by atoms with Crippen LogP contribution >= 0.6 is 22.6 Å².